The molecule has 1 amide bonds. The van der Waals surface area contributed by atoms with E-state index in [1.807, 2.05) is 0 Å². The van der Waals surface area contributed by atoms with Crippen molar-refractivity contribution in [1.82, 2.24) is 9.97 Å². The lowest BCUT2D eigenvalue weighted by Gasteiger charge is -2.07. The summed E-state index contributed by atoms with van der Waals surface area (Å²) in [6, 6.07) is 11.6. The van der Waals surface area contributed by atoms with E-state index in [2.05, 4.69) is 15.3 Å². The molecule has 1 aromatic heterocycles. The fraction of sp³-hybridized carbons (Fsp3) is 0.0588. The SMILES string of the molecule is O=C(COC(=O)c1cccc2nccnc12)Nc1ccc(Cl)cc1. The van der Waals surface area contributed by atoms with Gasteiger partial charge in [-0.05, 0) is 36.4 Å². The van der Waals surface area contributed by atoms with Crippen molar-refractivity contribution in [3.05, 3.63) is 65.4 Å². The molecule has 0 bridgehead atoms. The van der Waals surface area contributed by atoms with Gasteiger partial charge in [-0.2, -0.15) is 0 Å². The van der Waals surface area contributed by atoms with Crippen LogP contribution in [-0.2, 0) is 9.53 Å². The lowest BCUT2D eigenvalue weighted by atomic mass is 10.2. The van der Waals surface area contributed by atoms with Crippen LogP contribution in [0.15, 0.2) is 54.9 Å². The van der Waals surface area contributed by atoms with Crippen molar-refractivity contribution in [3.63, 3.8) is 0 Å². The molecule has 0 radical (unpaired) electrons. The molecular formula is C17H12ClN3O3. The second-order valence-corrected chi connectivity index (χ2v) is 5.30. The van der Waals surface area contributed by atoms with E-state index in [1.165, 1.54) is 12.4 Å². The number of aromatic nitrogens is 2. The monoisotopic (exact) mass is 341 g/mol. The standard InChI is InChI=1S/C17H12ClN3O3/c18-11-4-6-12(7-5-11)21-15(22)10-24-17(23)13-2-1-3-14-16(13)20-9-8-19-14/h1-9H,10H2,(H,21,22). The third kappa shape index (κ3) is 3.67. The first kappa shape index (κ1) is 15.9. The molecule has 7 heteroatoms. The van der Waals surface area contributed by atoms with Crippen LogP contribution in [0.2, 0.25) is 5.02 Å². The Morgan fingerprint density at radius 3 is 2.58 bits per heavy atom. The van der Waals surface area contributed by atoms with E-state index < -0.39 is 18.5 Å². The van der Waals surface area contributed by atoms with Gasteiger partial charge in [-0.15, -0.1) is 0 Å². The van der Waals surface area contributed by atoms with Crippen molar-refractivity contribution < 1.29 is 14.3 Å². The average Bonchev–Trinajstić information content (AvgIpc) is 2.61. The third-order valence-electron chi connectivity index (χ3n) is 3.18. The maximum absolute atomic E-state index is 12.2. The topological polar surface area (TPSA) is 81.2 Å². The summed E-state index contributed by atoms with van der Waals surface area (Å²) in [5, 5.41) is 3.18. The van der Waals surface area contributed by atoms with Crippen molar-refractivity contribution in [2.45, 2.75) is 0 Å². The van der Waals surface area contributed by atoms with Crippen molar-refractivity contribution >= 4 is 40.2 Å². The Hall–Kier alpha value is -2.99. The van der Waals surface area contributed by atoms with Crippen LogP contribution in [0.4, 0.5) is 5.69 Å². The van der Waals surface area contributed by atoms with Gasteiger partial charge in [0, 0.05) is 23.1 Å². The molecule has 0 saturated heterocycles. The molecule has 2 aromatic carbocycles. The van der Waals surface area contributed by atoms with Gasteiger partial charge in [0.05, 0.1) is 11.1 Å². The van der Waals surface area contributed by atoms with E-state index in [0.717, 1.165) is 0 Å². The maximum Gasteiger partial charge on any atom is 0.340 e. The smallest absolute Gasteiger partial charge is 0.340 e. The van der Waals surface area contributed by atoms with E-state index >= 15 is 0 Å². The predicted molar refractivity (Wildman–Crippen MR) is 89.9 cm³/mol. The van der Waals surface area contributed by atoms with Gasteiger partial charge < -0.3 is 10.1 Å². The number of amides is 1. The van der Waals surface area contributed by atoms with Gasteiger partial charge in [-0.3, -0.25) is 14.8 Å². The van der Waals surface area contributed by atoms with Gasteiger partial charge in [-0.25, -0.2) is 4.79 Å². The van der Waals surface area contributed by atoms with Gasteiger partial charge in [0.2, 0.25) is 0 Å². The summed E-state index contributed by atoms with van der Waals surface area (Å²) in [7, 11) is 0. The molecule has 24 heavy (non-hydrogen) atoms. The van der Waals surface area contributed by atoms with Crippen LogP contribution in [-0.4, -0.2) is 28.5 Å². The highest BCUT2D eigenvalue weighted by molar-refractivity contribution is 6.30. The molecule has 1 heterocycles. The molecule has 1 N–H and O–H groups in total. The summed E-state index contributed by atoms with van der Waals surface area (Å²) < 4.78 is 5.05. The number of carbonyl (C=O) groups is 2. The molecule has 0 aliphatic rings. The highest BCUT2D eigenvalue weighted by Crippen LogP contribution is 2.15. The average molecular weight is 342 g/mol. The quantitative estimate of drug-likeness (QED) is 0.737. The minimum absolute atomic E-state index is 0.264. The van der Waals surface area contributed by atoms with Crippen LogP contribution >= 0.6 is 11.6 Å². The second kappa shape index (κ2) is 7.06. The number of para-hydroxylation sites is 1. The molecule has 0 saturated carbocycles. The minimum Gasteiger partial charge on any atom is -0.452 e. The van der Waals surface area contributed by atoms with Crippen LogP contribution in [0, 0.1) is 0 Å². The molecule has 0 unspecified atom stereocenters. The zero-order chi connectivity index (χ0) is 16.9. The number of esters is 1. The largest absolute Gasteiger partial charge is 0.452 e. The molecule has 3 rings (SSSR count). The summed E-state index contributed by atoms with van der Waals surface area (Å²) in [5.74, 6) is -1.08. The van der Waals surface area contributed by atoms with Gasteiger partial charge in [-0.1, -0.05) is 17.7 Å². The lowest BCUT2D eigenvalue weighted by Crippen LogP contribution is -2.21. The maximum atomic E-state index is 12.2. The number of fused-ring (bicyclic) bond motifs is 1. The van der Waals surface area contributed by atoms with Gasteiger partial charge >= 0.3 is 5.97 Å². The zero-order valence-corrected chi connectivity index (χ0v) is 13.2. The van der Waals surface area contributed by atoms with Crippen LogP contribution < -0.4 is 5.32 Å². The highest BCUT2D eigenvalue weighted by Gasteiger charge is 2.14. The van der Waals surface area contributed by atoms with E-state index in [4.69, 9.17) is 16.3 Å². The summed E-state index contributed by atoms with van der Waals surface area (Å²) in [6.45, 7) is -0.405. The Balaban J connectivity index is 1.64. The van der Waals surface area contributed by atoms with E-state index in [0.29, 0.717) is 21.7 Å². The Labute approximate surface area is 142 Å². The molecule has 0 spiro atoms. The van der Waals surface area contributed by atoms with Crippen LogP contribution in [0.25, 0.3) is 11.0 Å². The normalized spacial score (nSPS) is 10.4. The Morgan fingerprint density at radius 2 is 1.79 bits per heavy atom. The number of halogens is 1. The fourth-order valence-corrected chi connectivity index (χ4v) is 2.22. The molecule has 6 nitrogen and oxygen atoms in total. The Morgan fingerprint density at radius 1 is 1.04 bits per heavy atom. The van der Waals surface area contributed by atoms with Crippen molar-refractivity contribution in [3.8, 4) is 0 Å². The fourth-order valence-electron chi connectivity index (χ4n) is 2.10. The number of hydrogen-bond donors (Lipinski definition) is 1. The summed E-state index contributed by atoms with van der Waals surface area (Å²) >= 11 is 5.77. The summed E-state index contributed by atoms with van der Waals surface area (Å²) in [5.41, 5.74) is 1.84. The van der Waals surface area contributed by atoms with E-state index in [9.17, 15) is 9.59 Å². The molecule has 120 valence electrons. The lowest BCUT2D eigenvalue weighted by molar-refractivity contribution is -0.119. The first-order valence-corrected chi connectivity index (χ1v) is 7.43. The van der Waals surface area contributed by atoms with E-state index in [-0.39, 0.29) is 5.56 Å². The second-order valence-electron chi connectivity index (χ2n) is 4.86. The summed E-state index contributed by atoms with van der Waals surface area (Å²) in [6.07, 6.45) is 3.03. The van der Waals surface area contributed by atoms with Crippen molar-refractivity contribution in [2.75, 3.05) is 11.9 Å². The van der Waals surface area contributed by atoms with Crippen LogP contribution in [0.5, 0.6) is 0 Å². The highest BCUT2D eigenvalue weighted by atomic mass is 35.5. The first-order chi connectivity index (χ1) is 11.6. The first-order valence-electron chi connectivity index (χ1n) is 7.06. The Bertz CT molecular complexity index is 892. The molecule has 0 fully saturated rings. The Kier molecular flexibility index (Phi) is 4.67. The van der Waals surface area contributed by atoms with Gasteiger partial charge in [0.1, 0.15) is 5.52 Å². The van der Waals surface area contributed by atoms with Crippen LogP contribution in [0.3, 0.4) is 0 Å². The molecular weight excluding hydrogens is 330 g/mol. The van der Waals surface area contributed by atoms with Crippen LogP contribution in [0.1, 0.15) is 10.4 Å². The third-order valence-corrected chi connectivity index (χ3v) is 3.43. The molecule has 0 aliphatic carbocycles. The number of hydrogen-bond acceptors (Lipinski definition) is 5. The van der Waals surface area contributed by atoms with E-state index in [1.54, 1.807) is 42.5 Å². The molecule has 0 atom stereocenters. The van der Waals surface area contributed by atoms with Gasteiger partial charge in [0.15, 0.2) is 6.61 Å². The minimum atomic E-state index is -0.632. The van der Waals surface area contributed by atoms with Crippen molar-refractivity contribution in [1.29, 1.82) is 0 Å². The predicted octanol–water partition coefficient (Wildman–Crippen LogP) is 3.08. The van der Waals surface area contributed by atoms with Gasteiger partial charge in [0.25, 0.3) is 5.91 Å². The molecule has 3 aromatic rings. The number of carbonyl (C=O) groups excluding carboxylic acids is 2. The number of ether oxygens (including phenoxy) is 1. The zero-order valence-electron chi connectivity index (χ0n) is 12.4. The number of nitrogens with one attached hydrogen (secondary N) is 1. The molecule has 0 aliphatic heterocycles. The number of nitrogens with zero attached hydrogens (tertiary/aromatic N) is 2. The number of anilines is 1. The number of rotatable bonds is 4. The summed E-state index contributed by atoms with van der Waals surface area (Å²) in [4.78, 5) is 32.3. The van der Waals surface area contributed by atoms with Crippen molar-refractivity contribution in [2.24, 2.45) is 0 Å². The number of benzene rings is 2.